The molecule has 0 spiro atoms. The molecule has 84 valence electrons. The highest BCUT2D eigenvalue weighted by Crippen LogP contribution is 2.19. The van der Waals surface area contributed by atoms with Gasteiger partial charge in [-0.3, -0.25) is 0 Å². The third-order valence-electron chi connectivity index (χ3n) is 3.14. The molecule has 3 nitrogen and oxygen atoms in total. The Morgan fingerprint density at radius 2 is 2.00 bits per heavy atom. The number of aryl methyl sites for hydroxylation is 1. The Morgan fingerprint density at radius 3 is 2.62 bits per heavy atom. The van der Waals surface area contributed by atoms with E-state index < -0.39 is 0 Å². The first-order chi connectivity index (χ1) is 7.65. The lowest BCUT2D eigenvalue weighted by Gasteiger charge is -2.10. The fraction of sp³-hybridized carbons (Fsp3) is 0.308. The van der Waals surface area contributed by atoms with E-state index >= 15 is 0 Å². The maximum atomic E-state index is 5.66. The molecule has 0 amide bonds. The second-order valence-corrected chi connectivity index (χ2v) is 4.09. The Hall–Kier alpha value is -1.61. The van der Waals surface area contributed by atoms with Gasteiger partial charge in [0.05, 0.1) is 11.9 Å². The van der Waals surface area contributed by atoms with Crippen molar-refractivity contribution in [2.24, 2.45) is 5.73 Å². The van der Waals surface area contributed by atoms with Gasteiger partial charge in [-0.1, -0.05) is 12.1 Å². The van der Waals surface area contributed by atoms with Gasteiger partial charge in [0.25, 0.3) is 0 Å². The standard InChI is InChI=1S/C13H17N3/c1-9-5-4-6-13(10(9)2)16-11(3)12(7-14)8-15-16/h4-6,8H,7,14H2,1-3H3. The van der Waals surface area contributed by atoms with E-state index in [1.807, 2.05) is 10.9 Å². The minimum Gasteiger partial charge on any atom is -0.326 e. The van der Waals surface area contributed by atoms with Crippen LogP contribution in [-0.2, 0) is 6.54 Å². The summed E-state index contributed by atoms with van der Waals surface area (Å²) in [6.45, 7) is 6.82. The van der Waals surface area contributed by atoms with Crippen LogP contribution in [0.1, 0.15) is 22.4 Å². The summed E-state index contributed by atoms with van der Waals surface area (Å²) in [5, 5.41) is 4.40. The third-order valence-corrected chi connectivity index (χ3v) is 3.14. The monoisotopic (exact) mass is 215 g/mol. The average molecular weight is 215 g/mol. The highest BCUT2D eigenvalue weighted by molar-refractivity contribution is 5.45. The summed E-state index contributed by atoms with van der Waals surface area (Å²) in [6, 6.07) is 6.26. The highest BCUT2D eigenvalue weighted by atomic mass is 15.3. The van der Waals surface area contributed by atoms with E-state index in [0.29, 0.717) is 6.54 Å². The van der Waals surface area contributed by atoms with E-state index in [-0.39, 0.29) is 0 Å². The molecule has 0 saturated heterocycles. The van der Waals surface area contributed by atoms with Gasteiger partial charge in [-0.2, -0.15) is 5.10 Å². The maximum absolute atomic E-state index is 5.66. The Morgan fingerprint density at radius 1 is 1.25 bits per heavy atom. The summed E-state index contributed by atoms with van der Waals surface area (Å²) in [7, 11) is 0. The fourth-order valence-electron chi connectivity index (χ4n) is 1.85. The zero-order valence-electron chi connectivity index (χ0n) is 9.99. The molecule has 0 atom stereocenters. The summed E-state index contributed by atoms with van der Waals surface area (Å²) >= 11 is 0. The number of aromatic nitrogens is 2. The molecule has 1 aromatic carbocycles. The molecule has 1 aromatic heterocycles. The average Bonchev–Trinajstić information content (AvgIpc) is 2.64. The number of rotatable bonds is 2. The molecule has 0 aliphatic heterocycles. The van der Waals surface area contributed by atoms with Gasteiger partial charge in [0.2, 0.25) is 0 Å². The molecule has 2 aromatic rings. The zero-order chi connectivity index (χ0) is 11.7. The van der Waals surface area contributed by atoms with Gasteiger partial charge in [-0.05, 0) is 38.0 Å². The van der Waals surface area contributed by atoms with Crippen molar-refractivity contribution < 1.29 is 0 Å². The molecule has 1 heterocycles. The molecule has 0 unspecified atom stereocenters. The molecule has 0 bridgehead atoms. The van der Waals surface area contributed by atoms with Crippen LogP contribution in [0.3, 0.4) is 0 Å². The molecule has 0 radical (unpaired) electrons. The smallest absolute Gasteiger partial charge is 0.0680 e. The first kappa shape index (κ1) is 10.9. The maximum Gasteiger partial charge on any atom is 0.0680 e. The largest absolute Gasteiger partial charge is 0.326 e. The number of benzene rings is 1. The molecule has 0 saturated carbocycles. The van der Waals surface area contributed by atoms with Crippen LogP contribution in [0.25, 0.3) is 5.69 Å². The Labute approximate surface area is 95.9 Å². The summed E-state index contributed by atoms with van der Waals surface area (Å²) in [5.74, 6) is 0. The topological polar surface area (TPSA) is 43.8 Å². The fourth-order valence-corrected chi connectivity index (χ4v) is 1.85. The predicted molar refractivity (Wildman–Crippen MR) is 65.7 cm³/mol. The summed E-state index contributed by atoms with van der Waals surface area (Å²) in [5.41, 5.74) is 11.6. The van der Waals surface area contributed by atoms with E-state index in [1.165, 1.54) is 11.1 Å². The van der Waals surface area contributed by atoms with Crippen molar-refractivity contribution in [2.45, 2.75) is 27.3 Å². The predicted octanol–water partition coefficient (Wildman–Crippen LogP) is 2.26. The summed E-state index contributed by atoms with van der Waals surface area (Å²) in [4.78, 5) is 0. The minimum absolute atomic E-state index is 0.538. The van der Waals surface area contributed by atoms with Gasteiger partial charge < -0.3 is 5.73 Å². The van der Waals surface area contributed by atoms with Gasteiger partial charge >= 0.3 is 0 Å². The molecule has 2 N–H and O–H groups in total. The van der Waals surface area contributed by atoms with Crippen molar-refractivity contribution in [3.05, 3.63) is 46.8 Å². The van der Waals surface area contributed by atoms with E-state index in [2.05, 4.69) is 44.1 Å². The van der Waals surface area contributed by atoms with Crippen LogP contribution in [-0.4, -0.2) is 9.78 Å². The van der Waals surface area contributed by atoms with Crippen molar-refractivity contribution in [1.82, 2.24) is 9.78 Å². The second-order valence-electron chi connectivity index (χ2n) is 4.09. The van der Waals surface area contributed by atoms with Crippen LogP contribution >= 0.6 is 0 Å². The van der Waals surface area contributed by atoms with Crippen LogP contribution in [0, 0.1) is 20.8 Å². The highest BCUT2D eigenvalue weighted by Gasteiger charge is 2.09. The first-order valence-corrected chi connectivity index (χ1v) is 5.45. The van der Waals surface area contributed by atoms with Gasteiger partial charge in [0.1, 0.15) is 0 Å². The SMILES string of the molecule is Cc1cccc(-n2ncc(CN)c2C)c1C. The molecule has 0 fully saturated rings. The van der Waals surface area contributed by atoms with Gasteiger partial charge in [0, 0.05) is 17.8 Å². The van der Waals surface area contributed by atoms with E-state index in [4.69, 9.17) is 5.73 Å². The Bertz CT molecular complexity index is 512. The molecule has 0 aliphatic rings. The van der Waals surface area contributed by atoms with E-state index in [0.717, 1.165) is 16.9 Å². The molecule has 3 heteroatoms. The van der Waals surface area contributed by atoms with Crippen molar-refractivity contribution in [1.29, 1.82) is 0 Å². The number of hydrogen-bond donors (Lipinski definition) is 1. The summed E-state index contributed by atoms with van der Waals surface area (Å²) < 4.78 is 1.96. The minimum atomic E-state index is 0.538. The number of nitrogens with two attached hydrogens (primary N) is 1. The zero-order valence-corrected chi connectivity index (χ0v) is 9.99. The van der Waals surface area contributed by atoms with Crippen molar-refractivity contribution in [3.63, 3.8) is 0 Å². The molecule has 16 heavy (non-hydrogen) atoms. The first-order valence-electron chi connectivity index (χ1n) is 5.45. The van der Waals surface area contributed by atoms with Crippen LogP contribution in [0.2, 0.25) is 0 Å². The lowest BCUT2D eigenvalue weighted by Crippen LogP contribution is -2.04. The van der Waals surface area contributed by atoms with Gasteiger partial charge in [-0.25, -0.2) is 4.68 Å². The van der Waals surface area contributed by atoms with Crippen LogP contribution in [0.5, 0.6) is 0 Å². The lowest BCUT2D eigenvalue weighted by atomic mass is 10.1. The van der Waals surface area contributed by atoms with Gasteiger partial charge in [-0.15, -0.1) is 0 Å². The Kier molecular flexibility index (Phi) is 2.79. The van der Waals surface area contributed by atoms with Crippen LogP contribution < -0.4 is 5.73 Å². The van der Waals surface area contributed by atoms with Crippen LogP contribution in [0.15, 0.2) is 24.4 Å². The third kappa shape index (κ3) is 1.63. The van der Waals surface area contributed by atoms with Crippen molar-refractivity contribution in [2.75, 3.05) is 0 Å². The summed E-state index contributed by atoms with van der Waals surface area (Å²) in [6.07, 6.45) is 1.84. The Balaban J connectivity index is 2.59. The van der Waals surface area contributed by atoms with Crippen LogP contribution in [0.4, 0.5) is 0 Å². The van der Waals surface area contributed by atoms with Gasteiger partial charge in [0.15, 0.2) is 0 Å². The van der Waals surface area contributed by atoms with E-state index in [1.54, 1.807) is 0 Å². The van der Waals surface area contributed by atoms with E-state index in [9.17, 15) is 0 Å². The quantitative estimate of drug-likeness (QED) is 0.835. The van der Waals surface area contributed by atoms with Crippen molar-refractivity contribution in [3.8, 4) is 5.69 Å². The molecule has 2 rings (SSSR count). The number of nitrogens with zero attached hydrogens (tertiary/aromatic N) is 2. The number of hydrogen-bond acceptors (Lipinski definition) is 2. The molecular formula is C13H17N3. The second kappa shape index (κ2) is 4.10. The molecular weight excluding hydrogens is 198 g/mol. The van der Waals surface area contributed by atoms with Crippen molar-refractivity contribution >= 4 is 0 Å². The normalized spacial score (nSPS) is 10.8. The lowest BCUT2D eigenvalue weighted by molar-refractivity contribution is 0.835. The molecule has 0 aliphatic carbocycles.